The molecule has 0 radical (unpaired) electrons. The Morgan fingerprint density at radius 2 is 1.96 bits per heavy atom. The maximum absolute atomic E-state index is 4.91. The molecule has 26 heavy (non-hydrogen) atoms. The van der Waals surface area contributed by atoms with E-state index in [0.29, 0.717) is 0 Å². The summed E-state index contributed by atoms with van der Waals surface area (Å²) in [5.74, 6) is 0.973. The molecule has 0 amide bonds. The van der Waals surface area contributed by atoms with Crippen molar-refractivity contribution in [3.05, 3.63) is 52.9 Å². The molecule has 142 valence electrons. The minimum Gasteiger partial charge on any atom is -0.364 e. The number of halogens is 1. The minimum atomic E-state index is 0. The van der Waals surface area contributed by atoms with E-state index < -0.39 is 0 Å². The highest BCUT2D eigenvalue weighted by Gasteiger charge is 2.20. The molecule has 1 aliphatic heterocycles. The van der Waals surface area contributed by atoms with E-state index in [4.69, 9.17) is 4.52 Å². The van der Waals surface area contributed by atoms with E-state index in [-0.39, 0.29) is 24.0 Å². The Balaban J connectivity index is 0.00000243. The second kappa shape index (κ2) is 9.91. The zero-order valence-corrected chi connectivity index (χ0v) is 18.1. The summed E-state index contributed by atoms with van der Waals surface area (Å²) in [4.78, 5) is 9.18. The molecule has 3 rings (SSSR count). The van der Waals surface area contributed by atoms with Gasteiger partial charge in [0.1, 0.15) is 6.26 Å². The predicted octanol–water partition coefficient (Wildman–Crippen LogP) is 2.80. The van der Waals surface area contributed by atoms with Crippen LogP contribution in [0.5, 0.6) is 0 Å². The summed E-state index contributed by atoms with van der Waals surface area (Å²) in [7, 11) is 1.85. The van der Waals surface area contributed by atoms with Gasteiger partial charge in [-0.25, -0.2) is 0 Å². The number of aliphatic imine (C=N–C) groups is 1. The van der Waals surface area contributed by atoms with Crippen LogP contribution in [0.4, 0.5) is 0 Å². The molecule has 0 atom stereocenters. The van der Waals surface area contributed by atoms with Gasteiger partial charge in [-0.05, 0) is 25.0 Å². The van der Waals surface area contributed by atoms with Crippen LogP contribution in [0.1, 0.15) is 22.4 Å². The van der Waals surface area contributed by atoms with Gasteiger partial charge in [-0.1, -0.05) is 28.9 Å². The molecule has 0 saturated carbocycles. The zero-order valence-electron chi connectivity index (χ0n) is 15.7. The van der Waals surface area contributed by atoms with Gasteiger partial charge in [-0.15, -0.1) is 24.0 Å². The van der Waals surface area contributed by atoms with Crippen molar-refractivity contribution >= 4 is 29.9 Å². The average molecular weight is 469 g/mol. The molecule has 1 saturated heterocycles. The van der Waals surface area contributed by atoms with Crippen LogP contribution in [0.3, 0.4) is 0 Å². The number of aromatic nitrogens is 1. The molecule has 1 N–H and O–H groups in total. The fraction of sp³-hybridized carbons (Fsp3) is 0.474. The zero-order chi connectivity index (χ0) is 17.6. The van der Waals surface area contributed by atoms with Crippen LogP contribution in [-0.4, -0.2) is 54.1 Å². The van der Waals surface area contributed by atoms with E-state index in [9.17, 15) is 0 Å². The Kier molecular flexibility index (Phi) is 7.89. The summed E-state index contributed by atoms with van der Waals surface area (Å²) >= 11 is 0. The molecule has 0 spiro atoms. The van der Waals surface area contributed by atoms with Crippen molar-refractivity contribution in [3.63, 3.8) is 0 Å². The summed E-state index contributed by atoms with van der Waals surface area (Å²) < 4.78 is 4.91. The van der Waals surface area contributed by atoms with E-state index in [2.05, 4.69) is 57.3 Å². The lowest BCUT2D eigenvalue weighted by Gasteiger charge is -2.36. The summed E-state index contributed by atoms with van der Waals surface area (Å²) in [6, 6.07) is 8.51. The summed E-state index contributed by atoms with van der Waals surface area (Å²) in [6.45, 7) is 9.86. The summed E-state index contributed by atoms with van der Waals surface area (Å²) in [5.41, 5.74) is 4.93. The SMILES string of the molecule is CN=C(NCc1ccc(C)cc1C)N1CCN(Cc2ccon2)CC1.I. The Morgan fingerprint density at radius 1 is 1.19 bits per heavy atom. The van der Waals surface area contributed by atoms with Gasteiger partial charge in [0.15, 0.2) is 5.96 Å². The predicted molar refractivity (Wildman–Crippen MR) is 115 cm³/mol. The lowest BCUT2D eigenvalue weighted by atomic mass is 10.1. The molecule has 0 bridgehead atoms. The molecule has 0 unspecified atom stereocenters. The molecule has 1 aromatic carbocycles. The van der Waals surface area contributed by atoms with Crippen LogP contribution >= 0.6 is 24.0 Å². The van der Waals surface area contributed by atoms with Crippen molar-refractivity contribution in [2.75, 3.05) is 33.2 Å². The van der Waals surface area contributed by atoms with Crippen LogP contribution in [0.2, 0.25) is 0 Å². The number of hydrogen-bond acceptors (Lipinski definition) is 4. The van der Waals surface area contributed by atoms with Crippen LogP contribution in [0.15, 0.2) is 40.0 Å². The standard InChI is InChI=1S/C19H27N5O.HI/c1-15-4-5-17(16(2)12-15)13-21-19(20-3)24-9-7-23(8-10-24)14-18-6-11-25-22-18;/h4-6,11-12H,7-10,13-14H2,1-3H3,(H,20,21);1H. The largest absolute Gasteiger partial charge is 0.364 e. The van der Waals surface area contributed by atoms with Crippen molar-refractivity contribution in [2.24, 2.45) is 4.99 Å². The Morgan fingerprint density at radius 3 is 2.58 bits per heavy atom. The summed E-state index contributed by atoms with van der Waals surface area (Å²) in [6.07, 6.45) is 1.63. The third kappa shape index (κ3) is 5.44. The fourth-order valence-electron chi connectivity index (χ4n) is 3.22. The number of hydrogen-bond donors (Lipinski definition) is 1. The fourth-order valence-corrected chi connectivity index (χ4v) is 3.22. The monoisotopic (exact) mass is 469 g/mol. The number of piperazine rings is 1. The van der Waals surface area contributed by atoms with Crippen LogP contribution in [0, 0.1) is 13.8 Å². The van der Waals surface area contributed by atoms with Crippen molar-refractivity contribution < 1.29 is 4.52 Å². The van der Waals surface area contributed by atoms with Crippen LogP contribution in [0.25, 0.3) is 0 Å². The number of nitrogens with one attached hydrogen (secondary N) is 1. The maximum atomic E-state index is 4.91. The number of benzene rings is 1. The van der Waals surface area contributed by atoms with Gasteiger partial charge in [0.25, 0.3) is 0 Å². The second-order valence-electron chi connectivity index (χ2n) is 6.58. The van der Waals surface area contributed by atoms with Crippen molar-refractivity contribution in [3.8, 4) is 0 Å². The van der Waals surface area contributed by atoms with Crippen molar-refractivity contribution in [1.29, 1.82) is 0 Å². The molecule has 0 aliphatic carbocycles. The Labute approximate surface area is 172 Å². The van der Waals surface area contributed by atoms with Gasteiger partial charge in [0.2, 0.25) is 0 Å². The van der Waals surface area contributed by atoms with Gasteiger partial charge in [-0.3, -0.25) is 9.89 Å². The van der Waals surface area contributed by atoms with E-state index in [1.54, 1.807) is 6.26 Å². The highest BCUT2D eigenvalue weighted by atomic mass is 127. The molecule has 2 aromatic rings. The third-order valence-corrected chi connectivity index (χ3v) is 4.70. The molecule has 1 fully saturated rings. The molecule has 2 heterocycles. The van der Waals surface area contributed by atoms with Gasteiger partial charge >= 0.3 is 0 Å². The van der Waals surface area contributed by atoms with Crippen LogP contribution < -0.4 is 5.32 Å². The number of nitrogens with zero attached hydrogens (tertiary/aromatic N) is 4. The van der Waals surface area contributed by atoms with E-state index >= 15 is 0 Å². The lowest BCUT2D eigenvalue weighted by Crippen LogP contribution is -2.52. The Hall–Kier alpha value is -1.61. The van der Waals surface area contributed by atoms with Gasteiger partial charge in [-0.2, -0.15) is 0 Å². The lowest BCUT2D eigenvalue weighted by molar-refractivity contribution is 0.169. The molecule has 7 heteroatoms. The summed E-state index contributed by atoms with van der Waals surface area (Å²) in [5, 5.41) is 7.50. The maximum Gasteiger partial charge on any atom is 0.194 e. The number of rotatable bonds is 4. The smallest absolute Gasteiger partial charge is 0.194 e. The van der Waals surface area contributed by atoms with E-state index in [1.807, 2.05) is 13.1 Å². The Bertz CT molecular complexity index is 709. The number of aryl methyl sites for hydroxylation is 2. The highest BCUT2D eigenvalue weighted by Crippen LogP contribution is 2.11. The topological polar surface area (TPSA) is 56.9 Å². The normalized spacial score (nSPS) is 15.7. The highest BCUT2D eigenvalue weighted by molar-refractivity contribution is 14.0. The van der Waals surface area contributed by atoms with Gasteiger partial charge < -0.3 is 14.7 Å². The first kappa shape index (κ1) is 20.7. The van der Waals surface area contributed by atoms with E-state index in [0.717, 1.165) is 50.9 Å². The second-order valence-corrected chi connectivity index (χ2v) is 6.58. The van der Waals surface area contributed by atoms with Gasteiger partial charge in [0.05, 0.1) is 5.69 Å². The molecule has 6 nitrogen and oxygen atoms in total. The molecule has 1 aromatic heterocycles. The molecule has 1 aliphatic rings. The first-order chi connectivity index (χ1) is 12.2. The van der Waals surface area contributed by atoms with E-state index in [1.165, 1.54) is 16.7 Å². The first-order valence-electron chi connectivity index (χ1n) is 8.79. The average Bonchev–Trinajstić information content (AvgIpc) is 3.11. The first-order valence-corrected chi connectivity index (χ1v) is 8.79. The number of guanidine groups is 1. The minimum absolute atomic E-state index is 0. The van der Waals surface area contributed by atoms with Crippen molar-refractivity contribution in [2.45, 2.75) is 26.9 Å². The van der Waals surface area contributed by atoms with Gasteiger partial charge in [0, 0.05) is 52.4 Å². The van der Waals surface area contributed by atoms with Crippen LogP contribution in [-0.2, 0) is 13.1 Å². The van der Waals surface area contributed by atoms with Crippen molar-refractivity contribution in [1.82, 2.24) is 20.3 Å². The quantitative estimate of drug-likeness (QED) is 0.424. The third-order valence-electron chi connectivity index (χ3n) is 4.70. The molecular formula is C19H28IN5O. The molecular weight excluding hydrogens is 441 g/mol.